The fourth-order valence-corrected chi connectivity index (χ4v) is 3.01. The minimum absolute atomic E-state index is 0.126. The highest BCUT2D eigenvalue weighted by Crippen LogP contribution is 2.29. The van der Waals surface area contributed by atoms with Gasteiger partial charge in [0.2, 0.25) is 11.8 Å². The van der Waals surface area contributed by atoms with Crippen LogP contribution >= 0.6 is 0 Å². The first kappa shape index (κ1) is 19.4. The summed E-state index contributed by atoms with van der Waals surface area (Å²) in [6, 6.07) is 8.83. The molecule has 3 rings (SSSR count). The summed E-state index contributed by atoms with van der Waals surface area (Å²) < 4.78 is 65.6. The average molecular weight is 402 g/mol. The summed E-state index contributed by atoms with van der Waals surface area (Å²) in [4.78, 5) is 9.91. The Morgan fingerprint density at radius 2 is 1.81 bits per heavy atom. The molecule has 1 aliphatic rings. The molecule has 2 heterocycles. The predicted octanol–water partition coefficient (Wildman–Crippen LogP) is 1.71. The Kier molecular flexibility index (Phi) is 5.51. The molecule has 146 valence electrons. The topological polar surface area (TPSA) is 84.4 Å². The van der Waals surface area contributed by atoms with Gasteiger partial charge in [-0.2, -0.15) is 26.6 Å². The monoisotopic (exact) mass is 402 g/mol. The summed E-state index contributed by atoms with van der Waals surface area (Å²) in [5.74, 6) is -0.486. The van der Waals surface area contributed by atoms with Crippen LogP contribution in [0.5, 0.6) is 5.88 Å². The van der Waals surface area contributed by atoms with E-state index in [1.54, 1.807) is 35.2 Å². The lowest BCUT2D eigenvalue weighted by Crippen LogP contribution is -2.44. The first-order valence-corrected chi connectivity index (χ1v) is 9.53. The standard InChI is InChI=1S/C16H17F3N4O3S/c17-16(18,19)27(24,25)26-14-13(10-12-4-2-1-3-5-12)11-21-15(22-14)23-8-6-20-7-9-23/h1-5,11,20H,6-10H2. The number of nitrogens with zero attached hydrogens (tertiary/aromatic N) is 3. The number of hydrogen-bond acceptors (Lipinski definition) is 7. The molecule has 1 aliphatic heterocycles. The number of piperazine rings is 1. The summed E-state index contributed by atoms with van der Waals surface area (Å²) in [7, 11) is -5.83. The molecule has 0 spiro atoms. The molecule has 11 heteroatoms. The number of hydrogen-bond donors (Lipinski definition) is 1. The molecule has 27 heavy (non-hydrogen) atoms. The van der Waals surface area contributed by atoms with Gasteiger partial charge in [-0.3, -0.25) is 0 Å². The van der Waals surface area contributed by atoms with Crippen molar-refractivity contribution in [1.29, 1.82) is 0 Å². The molecule has 7 nitrogen and oxygen atoms in total. The van der Waals surface area contributed by atoms with Crippen LogP contribution < -0.4 is 14.4 Å². The van der Waals surface area contributed by atoms with Crippen molar-refractivity contribution in [2.24, 2.45) is 0 Å². The zero-order valence-corrected chi connectivity index (χ0v) is 14.9. The third-order valence-corrected chi connectivity index (χ3v) is 4.87. The van der Waals surface area contributed by atoms with E-state index in [2.05, 4.69) is 19.5 Å². The lowest BCUT2D eigenvalue weighted by molar-refractivity contribution is -0.0501. The van der Waals surface area contributed by atoms with Crippen molar-refractivity contribution in [2.45, 2.75) is 11.9 Å². The summed E-state index contributed by atoms with van der Waals surface area (Å²) in [6.45, 7) is 2.41. The van der Waals surface area contributed by atoms with Crippen molar-refractivity contribution in [3.63, 3.8) is 0 Å². The van der Waals surface area contributed by atoms with Crippen molar-refractivity contribution in [3.05, 3.63) is 47.7 Å². The first-order chi connectivity index (χ1) is 12.8. The SMILES string of the molecule is O=S(=O)(Oc1nc(N2CCNCC2)ncc1Cc1ccccc1)C(F)(F)F. The summed E-state index contributed by atoms with van der Waals surface area (Å²) >= 11 is 0. The molecule has 0 atom stereocenters. The molecule has 1 aromatic heterocycles. The van der Waals surface area contributed by atoms with Gasteiger partial charge in [0.15, 0.2) is 0 Å². The lowest BCUT2D eigenvalue weighted by Gasteiger charge is -2.27. The van der Waals surface area contributed by atoms with Gasteiger partial charge in [-0.25, -0.2) is 4.98 Å². The van der Waals surface area contributed by atoms with E-state index in [0.29, 0.717) is 26.2 Å². The van der Waals surface area contributed by atoms with E-state index in [-0.39, 0.29) is 17.9 Å². The summed E-state index contributed by atoms with van der Waals surface area (Å²) in [5.41, 5.74) is -4.64. The quantitative estimate of drug-likeness (QED) is 0.602. The van der Waals surface area contributed by atoms with Crippen molar-refractivity contribution < 1.29 is 25.8 Å². The molecule has 1 saturated heterocycles. The Morgan fingerprint density at radius 3 is 2.44 bits per heavy atom. The minimum atomic E-state index is -5.83. The van der Waals surface area contributed by atoms with Crippen LogP contribution in [0.2, 0.25) is 0 Å². The average Bonchev–Trinajstić information content (AvgIpc) is 2.63. The van der Waals surface area contributed by atoms with Crippen LogP contribution in [0.4, 0.5) is 19.1 Å². The smallest absolute Gasteiger partial charge is 0.355 e. The Morgan fingerprint density at radius 1 is 1.15 bits per heavy atom. The molecule has 1 fully saturated rings. The lowest BCUT2D eigenvalue weighted by atomic mass is 10.1. The molecule has 0 amide bonds. The fraction of sp³-hybridized carbons (Fsp3) is 0.375. The van der Waals surface area contributed by atoms with E-state index in [4.69, 9.17) is 0 Å². The minimum Gasteiger partial charge on any atom is -0.355 e. The van der Waals surface area contributed by atoms with Crippen LogP contribution in [0.3, 0.4) is 0 Å². The number of rotatable bonds is 5. The van der Waals surface area contributed by atoms with Crippen LogP contribution in [-0.2, 0) is 16.5 Å². The number of aromatic nitrogens is 2. The van der Waals surface area contributed by atoms with Crippen LogP contribution in [0.15, 0.2) is 36.5 Å². The van der Waals surface area contributed by atoms with Gasteiger partial charge < -0.3 is 14.4 Å². The van der Waals surface area contributed by atoms with Gasteiger partial charge in [-0.1, -0.05) is 30.3 Å². The predicted molar refractivity (Wildman–Crippen MR) is 92.0 cm³/mol. The molecule has 0 radical (unpaired) electrons. The molecule has 0 aliphatic carbocycles. The van der Waals surface area contributed by atoms with E-state index in [0.717, 1.165) is 5.56 Å². The normalized spacial score (nSPS) is 15.6. The van der Waals surface area contributed by atoms with Crippen molar-refractivity contribution in [2.75, 3.05) is 31.1 Å². The zero-order valence-electron chi connectivity index (χ0n) is 14.1. The maximum atomic E-state index is 12.8. The van der Waals surface area contributed by atoms with Gasteiger partial charge in [0, 0.05) is 44.4 Å². The van der Waals surface area contributed by atoms with E-state index < -0.39 is 21.5 Å². The number of alkyl halides is 3. The molecule has 0 bridgehead atoms. The number of anilines is 1. The van der Waals surface area contributed by atoms with Crippen LogP contribution in [-0.4, -0.2) is 50.1 Å². The van der Waals surface area contributed by atoms with Crippen LogP contribution in [0, 0.1) is 0 Å². The second-order valence-electron chi connectivity index (χ2n) is 5.88. The fourth-order valence-electron chi connectivity index (χ4n) is 2.56. The number of halogens is 3. The first-order valence-electron chi connectivity index (χ1n) is 8.12. The highest BCUT2D eigenvalue weighted by molar-refractivity contribution is 7.87. The van der Waals surface area contributed by atoms with Gasteiger partial charge in [-0.05, 0) is 5.56 Å². The Labute approximate surface area is 154 Å². The largest absolute Gasteiger partial charge is 0.534 e. The van der Waals surface area contributed by atoms with Crippen molar-refractivity contribution in [3.8, 4) is 5.88 Å². The summed E-state index contributed by atoms with van der Waals surface area (Å²) in [6.07, 6.45) is 1.43. The second-order valence-corrected chi connectivity index (χ2v) is 7.42. The number of nitrogens with one attached hydrogen (secondary N) is 1. The third-order valence-electron chi connectivity index (χ3n) is 3.92. The van der Waals surface area contributed by atoms with E-state index in [9.17, 15) is 21.6 Å². The zero-order chi connectivity index (χ0) is 19.5. The Bertz CT molecular complexity index is 886. The third kappa shape index (κ3) is 4.66. The van der Waals surface area contributed by atoms with Gasteiger partial charge in [0.25, 0.3) is 0 Å². The van der Waals surface area contributed by atoms with Gasteiger partial charge in [0.05, 0.1) is 0 Å². The molecular weight excluding hydrogens is 385 g/mol. The molecule has 1 N–H and O–H groups in total. The van der Waals surface area contributed by atoms with Crippen molar-refractivity contribution >= 4 is 16.1 Å². The molecule has 0 unspecified atom stereocenters. The van der Waals surface area contributed by atoms with E-state index in [1.807, 2.05) is 0 Å². The maximum Gasteiger partial charge on any atom is 0.534 e. The van der Waals surface area contributed by atoms with Crippen LogP contribution in [0.25, 0.3) is 0 Å². The summed E-state index contributed by atoms with van der Waals surface area (Å²) in [5, 5.41) is 3.13. The van der Waals surface area contributed by atoms with Gasteiger partial charge >= 0.3 is 15.6 Å². The van der Waals surface area contributed by atoms with E-state index in [1.165, 1.54) is 6.20 Å². The molecule has 0 saturated carbocycles. The molecule has 1 aromatic carbocycles. The highest BCUT2D eigenvalue weighted by atomic mass is 32.2. The number of benzene rings is 1. The van der Waals surface area contributed by atoms with Gasteiger partial charge in [-0.15, -0.1) is 0 Å². The van der Waals surface area contributed by atoms with Crippen molar-refractivity contribution in [1.82, 2.24) is 15.3 Å². The molecule has 2 aromatic rings. The van der Waals surface area contributed by atoms with E-state index >= 15 is 0 Å². The second kappa shape index (κ2) is 7.69. The highest BCUT2D eigenvalue weighted by Gasteiger charge is 2.49. The Balaban J connectivity index is 1.96. The molecular formula is C16H17F3N4O3S. The van der Waals surface area contributed by atoms with Crippen LogP contribution in [0.1, 0.15) is 11.1 Å². The van der Waals surface area contributed by atoms with Gasteiger partial charge in [0.1, 0.15) is 0 Å². The maximum absolute atomic E-state index is 12.8. The Hall–Kier alpha value is -2.40.